The maximum Gasteiger partial charge on any atom is 0.0100 e. The van der Waals surface area contributed by atoms with E-state index >= 15 is 0 Å². The Balaban J connectivity index is 2.43. The van der Waals surface area contributed by atoms with Gasteiger partial charge < -0.3 is 5.32 Å². The molecular weight excluding hydrogens is 202 g/mol. The Morgan fingerprint density at radius 3 is 2.27 bits per heavy atom. The first-order chi connectivity index (χ1) is 7.17. The molecule has 0 saturated heterocycles. The highest BCUT2D eigenvalue weighted by Gasteiger charge is 2.28. The van der Waals surface area contributed by atoms with Crippen LogP contribution in [0.3, 0.4) is 0 Å². The first-order valence-electron chi connectivity index (χ1n) is 6.33. The van der Waals surface area contributed by atoms with Crippen LogP contribution in [0, 0.1) is 17.8 Å². The van der Waals surface area contributed by atoms with Crippen LogP contribution in [0.4, 0.5) is 0 Å². The second-order valence-electron chi connectivity index (χ2n) is 5.35. The zero-order valence-electron chi connectivity index (χ0n) is 10.8. The van der Waals surface area contributed by atoms with Crippen molar-refractivity contribution < 1.29 is 0 Å². The first kappa shape index (κ1) is 13.4. The zero-order chi connectivity index (χ0) is 11.3. The Hall–Kier alpha value is 0.310. The van der Waals surface area contributed by atoms with Crippen LogP contribution in [0.25, 0.3) is 0 Å². The van der Waals surface area contributed by atoms with Crippen LogP contribution >= 0.6 is 11.8 Å². The summed E-state index contributed by atoms with van der Waals surface area (Å²) in [6.45, 7) is 4.84. The third-order valence-electron chi connectivity index (χ3n) is 3.79. The van der Waals surface area contributed by atoms with Gasteiger partial charge in [-0.3, -0.25) is 0 Å². The quantitative estimate of drug-likeness (QED) is 0.775. The normalized spacial score (nSPS) is 34.0. The lowest BCUT2D eigenvalue weighted by Gasteiger charge is -2.36. The van der Waals surface area contributed by atoms with Crippen molar-refractivity contribution in [3.05, 3.63) is 0 Å². The van der Waals surface area contributed by atoms with Gasteiger partial charge in [0.1, 0.15) is 0 Å². The molecule has 1 aliphatic carbocycles. The molecule has 3 unspecified atom stereocenters. The highest BCUT2D eigenvalue weighted by atomic mass is 32.2. The van der Waals surface area contributed by atoms with E-state index in [4.69, 9.17) is 0 Å². The fraction of sp³-hybridized carbons (Fsp3) is 1.00. The van der Waals surface area contributed by atoms with E-state index in [1.807, 2.05) is 11.8 Å². The first-order valence-corrected chi connectivity index (χ1v) is 7.73. The Morgan fingerprint density at radius 1 is 1.20 bits per heavy atom. The highest BCUT2D eigenvalue weighted by molar-refractivity contribution is 7.98. The molecule has 0 bridgehead atoms. The predicted molar refractivity (Wildman–Crippen MR) is 71.5 cm³/mol. The van der Waals surface area contributed by atoms with E-state index < -0.39 is 0 Å². The van der Waals surface area contributed by atoms with Crippen LogP contribution in [0.2, 0.25) is 0 Å². The molecule has 3 atom stereocenters. The van der Waals surface area contributed by atoms with Crippen molar-refractivity contribution in [2.75, 3.05) is 19.1 Å². The van der Waals surface area contributed by atoms with Gasteiger partial charge in [0.15, 0.2) is 0 Å². The van der Waals surface area contributed by atoms with Crippen LogP contribution in [-0.2, 0) is 0 Å². The molecule has 1 saturated carbocycles. The smallest absolute Gasteiger partial charge is 0.0100 e. The van der Waals surface area contributed by atoms with Gasteiger partial charge in [-0.2, -0.15) is 11.8 Å². The van der Waals surface area contributed by atoms with Crippen molar-refractivity contribution in [3.63, 3.8) is 0 Å². The van der Waals surface area contributed by atoms with Crippen LogP contribution < -0.4 is 5.32 Å². The minimum atomic E-state index is 0.752. The molecule has 15 heavy (non-hydrogen) atoms. The average molecular weight is 229 g/mol. The van der Waals surface area contributed by atoms with E-state index in [1.54, 1.807) is 0 Å². The van der Waals surface area contributed by atoms with E-state index in [1.165, 1.54) is 31.4 Å². The summed E-state index contributed by atoms with van der Waals surface area (Å²) < 4.78 is 0. The van der Waals surface area contributed by atoms with Crippen LogP contribution in [0.5, 0.6) is 0 Å². The summed E-state index contributed by atoms with van der Waals surface area (Å²) in [5, 5.41) is 3.53. The number of hydrogen-bond donors (Lipinski definition) is 1. The maximum absolute atomic E-state index is 3.53. The summed E-state index contributed by atoms with van der Waals surface area (Å²) in [6, 6.07) is 0.752. The summed E-state index contributed by atoms with van der Waals surface area (Å²) in [6.07, 6.45) is 7.85. The summed E-state index contributed by atoms with van der Waals surface area (Å²) in [5.41, 5.74) is 0. The molecule has 1 rings (SSSR count). The lowest BCUT2D eigenvalue weighted by molar-refractivity contribution is 0.178. The molecule has 1 nitrogen and oxygen atoms in total. The molecule has 0 aromatic heterocycles. The van der Waals surface area contributed by atoms with Gasteiger partial charge in [-0.05, 0) is 62.5 Å². The van der Waals surface area contributed by atoms with Crippen molar-refractivity contribution >= 4 is 11.8 Å². The van der Waals surface area contributed by atoms with Crippen molar-refractivity contribution in [2.24, 2.45) is 17.8 Å². The molecule has 0 spiro atoms. The van der Waals surface area contributed by atoms with Crippen LogP contribution in [0.15, 0.2) is 0 Å². The number of hydrogen-bond acceptors (Lipinski definition) is 2. The summed E-state index contributed by atoms with van der Waals surface area (Å²) in [5.74, 6) is 4.08. The third kappa shape index (κ3) is 4.36. The van der Waals surface area contributed by atoms with Crippen LogP contribution in [-0.4, -0.2) is 25.1 Å². The minimum Gasteiger partial charge on any atom is -0.317 e. The summed E-state index contributed by atoms with van der Waals surface area (Å²) in [7, 11) is 2.13. The summed E-state index contributed by atoms with van der Waals surface area (Å²) in [4.78, 5) is 0. The minimum absolute atomic E-state index is 0.752. The fourth-order valence-electron chi connectivity index (χ4n) is 3.20. The molecule has 0 aromatic rings. The van der Waals surface area contributed by atoms with Gasteiger partial charge in [-0.1, -0.05) is 13.8 Å². The molecule has 1 N–H and O–H groups in total. The van der Waals surface area contributed by atoms with Gasteiger partial charge in [0.2, 0.25) is 0 Å². The third-order valence-corrected chi connectivity index (χ3v) is 4.43. The van der Waals surface area contributed by atoms with Gasteiger partial charge in [-0.15, -0.1) is 0 Å². The molecule has 0 heterocycles. The van der Waals surface area contributed by atoms with Crippen molar-refractivity contribution in [3.8, 4) is 0 Å². The summed E-state index contributed by atoms with van der Waals surface area (Å²) >= 11 is 1.97. The highest BCUT2D eigenvalue weighted by Crippen LogP contribution is 2.35. The van der Waals surface area contributed by atoms with Gasteiger partial charge in [0.25, 0.3) is 0 Å². The monoisotopic (exact) mass is 229 g/mol. The molecule has 0 aliphatic heterocycles. The van der Waals surface area contributed by atoms with Crippen molar-refractivity contribution in [1.82, 2.24) is 5.32 Å². The molecular formula is C13H27NS. The molecule has 1 aliphatic rings. The number of thioether (sulfide) groups is 1. The number of rotatable bonds is 5. The Kier molecular flexibility index (Phi) is 6.06. The van der Waals surface area contributed by atoms with Gasteiger partial charge in [0, 0.05) is 6.04 Å². The largest absolute Gasteiger partial charge is 0.317 e. The second kappa shape index (κ2) is 6.80. The van der Waals surface area contributed by atoms with Crippen molar-refractivity contribution in [1.29, 1.82) is 0 Å². The fourth-order valence-corrected chi connectivity index (χ4v) is 3.69. The van der Waals surface area contributed by atoms with E-state index in [0.717, 1.165) is 23.8 Å². The zero-order valence-corrected chi connectivity index (χ0v) is 11.6. The van der Waals surface area contributed by atoms with E-state index in [-0.39, 0.29) is 0 Å². The Bertz CT molecular complexity index is 162. The standard InChI is InChI=1S/C13H27NS/c1-10-7-11(2)9-12(8-10)13(14-3)5-6-15-4/h10-14H,5-9H2,1-4H3. The SMILES string of the molecule is CNC(CCSC)C1CC(C)CC(C)C1. The molecule has 0 aromatic carbocycles. The van der Waals surface area contributed by atoms with Crippen LogP contribution in [0.1, 0.15) is 39.5 Å². The Labute approximate surface area is 99.8 Å². The lowest BCUT2D eigenvalue weighted by Crippen LogP contribution is -2.38. The topological polar surface area (TPSA) is 12.0 Å². The second-order valence-corrected chi connectivity index (χ2v) is 6.34. The molecule has 0 radical (unpaired) electrons. The molecule has 2 heteroatoms. The Morgan fingerprint density at radius 2 is 1.80 bits per heavy atom. The molecule has 1 fully saturated rings. The molecule has 0 amide bonds. The van der Waals surface area contributed by atoms with E-state index in [9.17, 15) is 0 Å². The van der Waals surface area contributed by atoms with E-state index in [0.29, 0.717) is 0 Å². The maximum atomic E-state index is 3.53. The number of nitrogens with one attached hydrogen (secondary N) is 1. The van der Waals surface area contributed by atoms with Gasteiger partial charge >= 0.3 is 0 Å². The predicted octanol–water partition coefficient (Wildman–Crippen LogP) is 3.40. The average Bonchev–Trinajstić information content (AvgIpc) is 2.17. The lowest BCUT2D eigenvalue weighted by atomic mass is 9.73. The van der Waals surface area contributed by atoms with Crippen molar-refractivity contribution in [2.45, 2.75) is 45.6 Å². The van der Waals surface area contributed by atoms with E-state index in [2.05, 4.69) is 32.5 Å². The molecule has 90 valence electrons. The van der Waals surface area contributed by atoms with Gasteiger partial charge in [-0.25, -0.2) is 0 Å². The van der Waals surface area contributed by atoms with Gasteiger partial charge in [0.05, 0.1) is 0 Å².